The van der Waals surface area contributed by atoms with Crippen molar-refractivity contribution in [1.82, 2.24) is 30.3 Å². The van der Waals surface area contributed by atoms with Crippen molar-refractivity contribution < 1.29 is 24.0 Å². The molecule has 1 aromatic heterocycles. The van der Waals surface area contributed by atoms with Crippen LogP contribution >= 0.6 is 0 Å². The minimum absolute atomic E-state index is 0.0679. The number of nitrogens with one attached hydrogen (secondary N) is 1. The fraction of sp³-hybridized carbons (Fsp3) is 0.533. The summed E-state index contributed by atoms with van der Waals surface area (Å²) in [6.45, 7) is 6.75. The van der Waals surface area contributed by atoms with E-state index in [4.69, 9.17) is 5.73 Å². The molecule has 6 heterocycles. The van der Waals surface area contributed by atoms with Crippen molar-refractivity contribution in [3.63, 3.8) is 0 Å². The first-order chi connectivity index (χ1) is 21.2. The number of hydrogen-bond donors (Lipinski definition) is 2. The number of anilines is 2. The van der Waals surface area contributed by atoms with E-state index in [0.29, 0.717) is 23.0 Å². The van der Waals surface area contributed by atoms with Crippen LogP contribution in [-0.2, 0) is 9.59 Å². The predicted molar refractivity (Wildman–Crippen MR) is 157 cm³/mol. The number of imide groups is 2. The largest absolute Gasteiger partial charge is 0.370 e. The number of piperidine rings is 3. The van der Waals surface area contributed by atoms with Gasteiger partial charge >= 0.3 is 0 Å². The Labute approximate surface area is 253 Å². The number of nitrogens with zero attached hydrogens (tertiary/aromatic N) is 7. The molecule has 0 radical (unpaired) electrons. The van der Waals surface area contributed by atoms with Gasteiger partial charge in [0.1, 0.15) is 6.04 Å². The van der Waals surface area contributed by atoms with Crippen LogP contribution in [0.5, 0.6) is 0 Å². The summed E-state index contributed by atoms with van der Waals surface area (Å²) in [5, 5.41) is 10.2. The highest BCUT2D eigenvalue weighted by Crippen LogP contribution is 2.44. The van der Waals surface area contributed by atoms with Crippen LogP contribution in [0.2, 0.25) is 0 Å². The molecule has 1 spiro atoms. The van der Waals surface area contributed by atoms with Gasteiger partial charge in [0.2, 0.25) is 17.8 Å². The molecule has 14 nitrogen and oxygen atoms in total. The third-order valence-corrected chi connectivity index (χ3v) is 9.97. The van der Waals surface area contributed by atoms with Crippen LogP contribution in [0.3, 0.4) is 0 Å². The van der Waals surface area contributed by atoms with Gasteiger partial charge in [-0.15, -0.1) is 10.2 Å². The molecule has 7 rings (SSSR count). The average molecular weight is 602 g/mol. The highest BCUT2D eigenvalue weighted by molar-refractivity contribution is 6.23. The van der Waals surface area contributed by atoms with E-state index in [0.717, 1.165) is 82.1 Å². The number of fused-ring (bicyclic) bond motifs is 1. The van der Waals surface area contributed by atoms with Gasteiger partial charge in [-0.05, 0) is 69.3 Å². The fourth-order valence-corrected chi connectivity index (χ4v) is 7.34. The zero-order chi connectivity index (χ0) is 30.6. The number of aromatic nitrogens is 3. The topological polar surface area (TPSA) is 175 Å². The van der Waals surface area contributed by atoms with E-state index in [9.17, 15) is 24.0 Å². The first-order valence-corrected chi connectivity index (χ1v) is 15.3. The van der Waals surface area contributed by atoms with Gasteiger partial charge in [0.25, 0.3) is 17.7 Å². The molecule has 0 aliphatic carbocycles. The number of hydrogen-bond acceptors (Lipinski definition) is 11. The van der Waals surface area contributed by atoms with Gasteiger partial charge in [-0.3, -0.25) is 34.2 Å². The highest BCUT2D eigenvalue weighted by atomic mass is 16.2. The molecule has 1 atom stereocenters. The molecule has 5 aliphatic heterocycles. The molecule has 5 aliphatic rings. The van der Waals surface area contributed by atoms with Crippen LogP contribution in [0.4, 0.5) is 11.6 Å². The molecule has 3 N–H and O–H groups in total. The van der Waals surface area contributed by atoms with Crippen LogP contribution in [-0.4, -0.2) is 106 Å². The van der Waals surface area contributed by atoms with Crippen LogP contribution in [0.15, 0.2) is 24.4 Å². The lowest BCUT2D eigenvalue weighted by Gasteiger charge is -2.55. The van der Waals surface area contributed by atoms with Crippen molar-refractivity contribution in [1.29, 1.82) is 0 Å². The van der Waals surface area contributed by atoms with Crippen molar-refractivity contribution in [3.05, 3.63) is 41.2 Å². The molecular formula is C30H35N9O5. The van der Waals surface area contributed by atoms with E-state index in [-0.39, 0.29) is 29.9 Å². The molecule has 14 heteroatoms. The summed E-state index contributed by atoms with van der Waals surface area (Å²) >= 11 is 0. The van der Waals surface area contributed by atoms with Gasteiger partial charge in [-0.2, -0.15) is 0 Å². The average Bonchev–Trinajstić information content (AvgIpc) is 3.25. The molecule has 4 saturated heterocycles. The van der Waals surface area contributed by atoms with Crippen molar-refractivity contribution in [2.45, 2.75) is 44.6 Å². The van der Waals surface area contributed by atoms with Crippen molar-refractivity contribution >= 4 is 41.2 Å². The first-order valence-electron chi connectivity index (χ1n) is 15.3. The third kappa shape index (κ3) is 5.06. The standard InChI is InChI=1S/C30H35N9O5/c31-25(41)22-14-32-29(35-34-22)37-9-5-18(6-10-37)15-36-11-7-30(8-12-36)16-38(17-30)19-1-2-20-21(13-19)28(44)39(27(20)43)23-3-4-24(40)33-26(23)42/h1-2,13-14,18,23H,3-12,15-17H2,(H2,31,41)(H,33,40,42). The molecule has 230 valence electrons. The summed E-state index contributed by atoms with van der Waals surface area (Å²) in [7, 11) is 0. The molecular weight excluding hydrogens is 566 g/mol. The van der Waals surface area contributed by atoms with Gasteiger partial charge in [-0.1, -0.05) is 0 Å². The Morgan fingerprint density at radius 2 is 1.66 bits per heavy atom. The summed E-state index contributed by atoms with van der Waals surface area (Å²) < 4.78 is 0. The van der Waals surface area contributed by atoms with Crippen LogP contribution < -0.4 is 20.9 Å². The van der Waals surface area contributed by atoms with Gasteiger partial charge in [0, 0.05) is 50.2 Å². The molecule has 4 fully saturated rings. The summed E-state index contributed by atoms with van der Waals surface area (Å²) in [5.41, 5.74) is 7.11. The maximum absolute atomic E-state index is 13.2. The Balaban J connectivity index is 0.891. The molecule has 0 saturated carbocycles. The minimum Gasteiger partial charge on any atom is -0.370 e. The first kappa shape index (κ1) is 28.3. The summed E-state index contributed by atoms with van der Waals surface area (Å²) in [5.74, 6) is -1.42. The minimum atomic E-state index is -0.957. The van der Waals surface area contributed by atoms with Crippen molar-refractivity contribution in [2.75, 3.05) is 55.6 Å². The lowest BCUT2D eigenvalue weighted by atomic mass is 9.71. The van der Waals surface area contributed by atoms with E-state index < -0.39 is 29.7 Å². The van der Waals surface area contributed by atoms with Gasteiger partial charge in [-0.25, -0.2) is 4.98 Å². The van der Waals surface area contributed by atoms with Gasteiger partial charge in [0.05, 0.1) is 17.3 Å². The van der Waals surface area contributed by atoms with Gasteiger partial charge in [0.15, 0.2) is 5.69 Å². The normalized spacial score (nSPS) is 24.0. The zero-order valence-electron chi connectivity index (χ0n) is 24.4. The Hall–Kier alpha value is -4.46. The maximum Gasteiger partial charge on any atom is 0.270 e. The number of carbonyl (C=O) groups excluding carboxylic acids is 5. The van der Waals surface area contributed by atoms with Crippen LogP contribution in [0.25, 0.3) is 0 Å². The number of carbonyl (C=O) groups is 5. The Bertz CT molecular complexity index is 1520. The number of nitrogens with two attached hydrogens (primary N) is 1. The lowest BCUT2D eigenvalue weighted by molar-refractivity contribution is -0.136. The Kier molecular flexibility index (Phi) is 7.03. The third-order valence-electron chi connectivity index (χ3n) is 9.97. The number of likely N-dealkylation sites (tertiary alicyclic amines) is 1. The monoisotopic (exact) mass is 601 g/mol. The fourth-order valence-electron chi connectivity index (χ4n) is 7.34. The SMILES string of the molecule is NC(=O)c1cnc(N2CCC(CN3CCC4(CC3)CN(c3ccc5c(c3)C(=O)N(C3CCC(=O)NC3=O)C5=O)C4)CC2)nn1. The summed E-state index contributed by atoms with van der Waals surface area (Å²) in [6, 6.07) is 4.40. The van der Waals surface area contributed by atoms with E-state index in [1.807, 2.05) is 6.07 Å². The van der Waals surface area contributed by atoms with Crippen LogP contribution in [0, 0.1) is 11.3 Å². The smallest absolute Gasteiger partial charge is 0.270 e. The highest BCUT2D eigenvalue weighted by Gasteiger charge is 2.47. The van der Waals surface area contributed by atoms with Crippen LogP contribution in [0.1, 0.15) is 69.7 Å². The van der Waals surface area contributed by atoms with Gasteiger partial charge < -0.3 is 20.4 Å². The van der Waals surface area contributed by atoms with E-state index >= 15 is 0 Å². The zero-order valence-corrected chi connectivity index (χ0v) is 24.4. The van der Waals surface area contributed by atoms with E-state index in [2.05, 4.69) is 35.2 Å². The summed E-state index contributed by atoms with van der Waals surface area (Å²) in [4.78, 5) is 73.6. The molecule has 0 bridgehead atoms. The van der Waals surface area contributed by atoms with E-state index in [1.54, 1.807) is 12.1 Å². The van der Waals surface area contributed by atoms with Crippen molar-refractivity contribution in [3.8, 4) is 0 Å². The van der Waals surface area contributed by atoms with Crippen molar-refractivity contribution in [2.24, 2.45) is 17.1 Å². The maximum atomic E-state index is 13.2. The number of primary amides is 1. The summed E-state index contributed by atoms with van der Waals surface area (Å²) in [6.07, 6.45) is 5.98. The molecule has 2 aromatic rings. The second kappa shape index (κ2) is 10.9. The Morgan fingerprint density at radius 3 is 2.32 bits per heavy atom. The second-order valence-corrected chi connectivity index (χ2v) is 12.8. The number of rotatable bonds is 6. The molecule has 1 aromatic carbocycles. The molecule has 5 amide bonds. The Morgan fingerprint density at radius 1 is 0.932 bits per heavy atom. The quantitative estimate of drug-likeness (QED) is 0.433. The lowest BCUT2D eigenvalue weighted by Crippen LogP contribution is -2.60. The molecule has 1 unspecified atom stereocenters. The number of benzene rings is 1. The molecule has 44 heavy (non-hydrogen) atoms. The van der Waals surface area contributed by atoms with E-state index in [1.165, 1.54) is 6.20 Å². The number of amides is 5. The predicted octanol–water partition coefficient (Wildman–Crippen LogP) is 0.191. The second-order valence-electron chi connectivity index (χ2n) is 12.8.